The number of nitrogens with one attached hydrogen (secondary N) is 1. The molecule has 0 fully saturated rings. The van der Waals surface area contributed by atoms with Gasteiger partial charge in [-0.15, -0.1) is 5.10 Å². The van der Waals surface area contributed by atoms with Gasteiger partial charge in [0.2, 0.25) is 0 Å². The van der Waals surface area contributed by atoms with Gasteiger partial charge in [-0.1, -0.05) is 23.3 Å². The highest BCUT2D eigenvalue weighted by Crippen LogP contribution is 2.38. The van der Waals surface area contributed by atoms with Crippen LogP contribution in [0.1, 0.15) is 35.5 Å². The number of imidazole rings is 1. The minimum Gasteiger partial charge on any atom is -0.458 e. The monoisotopic (exact) mass is 357 g/mol. The lowest BCUT2D eigenvalue weighted by atomic mass is 10.0. The van der Waals surface area contributed by atoms with Crippen LogP contribution in [0.5, 0.6) is 0 Å². The van der Waals surface area contributed by atoms with E-state index in [1.165, 1.54) is 0 Å². The molecule has 4 aromatic rings. The molecule has 7 nitrogen and oxygen atoms in total. The second-order valence-corrected chi connectivity index (χ2v) is 6.02. The summed E-state index contributed by atoms with van der Waals surface area (Å²) in [5.74, 6) is -0.0628. The topological polar surface area (TPSA) is 84.0 Å². The van der Waals surface area contributed by atoms with Gasteiger partial charge in [0.1, 0.15) is 17.4 Å². The van der Waals surface area contributed by atoms with Crippen molar-refractivity contribution in [1.82, 2.24) is 20.2 Å². The molecular formula is C17H13F2N5O2. The van der Waals surface area contributed by atoms with E-state index in [0.29, 0.717) is 18.7 Å². The molecule has 1 aromatic carbocycles. The minimum absolute atomic E-state index is 0.0272. The Hall–Kier alpha value is -3.23. The third-order valence-corrected chi connectivity index (χ3v) is 4.50. The number of H-pyrrole nitrogens is 1. The van der Waals surface area contributed by atoms with Gasteiger partial charge in [-0.25, -0.2) is 4.98 Å². The van der Waals surface area contributed by atoms with Crippen molar-refractivity contribution in [1.29, 1.82) is 0 Å². The van der Waals surface area contributed by atoms with E-state index in [9.17, 15) is 8.78 Å². The zero-order valence-electron chi connectivity index (χ0n) is 13.4. The molecule has 0 spiro atoms. The molecule has 26 heavy (non-hydrogen) atoms. The molecule has 0 aliphatic carbocycles. The summed E-state index contributed by atoms with van der Waals surface area (Å²) >= 11 is 0. The van der Waals surface area contributed by atoms with Crippen LogP contribution in [0.4, 0.5) is 14.8 Å². The van der Waals surface area contributed by atoms with Crippen LogP contribution in [-0.4, -0.2) is 26.7 Å². The van der Waals surface area contributed by atoms with Crippen molar-refractivity contribution in [2.24, 2.45) is 0 Å². The van der Waals surface area contributed by atoms with Crippen LogP contribution < -0.4 is 4.90 Å². The first-order valence-corrected chi connectivity index (χ1v) is 8.09. The van der Waals surface area contributed by atoms with Gasteiger partial charge >= 0.3 is 12.4 Å². The highest BCUT2D eigenvalue weighted by atomic mass is 19.3. The Labute approximate surface area is 145 Å². The van der Waals surface area contributed by atoms with Crippen molar-refractivity contribution < 1.29 is 17.6 Å². The molecule has 3 aromatic heterocycles. The molecule has 9 heteroatoms. The Bertz CT molecular complexity index is 1040. The van der Waals surface area contributed by atoms with Gasteiger partial charge in [-0.2, -0.15) is 8.78 Å². The largest absolute Gasteiger partial charge is 0.458 e. The number of halogens is 2. The molecule has 132 valence electrons. The first kappa shape index (κ1) is 15.1. The van der Waals surface area contributed by atoms with E-state index in [4.69, 9.17) is 8.83 Å². The van der Waals surface area contributed by atoms with E-state index in [-0.39, 0.29) is 6.01 Å². The van der Waals surface area contributed by atoms with Crippen molar-refractivity contribution in [3.63, 3.8) is 0 Å². The maximum absolute atomic E-state index is 12.8. The summed E-state index contributed by atoms with van der Waals surface area (Å²) < 4.78 is 36.9. The number of anilines is 1. The SMILES string of the molecule is FC(F)c1nnc(N2CCc3[nH]cnc3[C@@H]2c2cc3ccccc3o2)o1. The van der Waals surface area contributed by atoms with E-state index in [2.05, 4.69) is 20.2 Å². The third-order valence-electron chi connectivity index (χ3n) is 4.50. The molecule has 1 aliphatic rings. The van der Waals surface area contributed by atoms with Crippen LogP contribution >= 0.6 is 0 Å². The molecule has 0 amide bonds. The van der Waals surface area contributed by atoms with Crippen molar-refractivity contribution in [2.45, 2.75) is 18.9 Å². The second-order valence-electron chi connectivity index (χ2n) is 6.02. The van der Waals surface area contributed by atoms with Crippen LogP contribution in [0, 0.1) is 0 Å². The van der Waals surface area contributed by atoms with E-state index < -0.39 is 18.4 Å². The third kappa shape index (κ3) is 2.27. The predicted molar refractivity (Wildman–Crippen MR) is 86.9 cm³/mol. The fourth-order valence-electron chi connectivity index (χ4n) is 3.34. The van der Waals surface area contributed by atoms with Gasteiger partial charge in [0, 0.05) is 24.0 Å². The average Bonchev–Trinajstić information content (AvgIpc) is 3.37. The smallest absolute Gasteiger partial charge is 0.319 e. The Kier molecular flexibility index (Phi) is 3.27. The standard InChI is InChI=1S/C17H13F2N5O2/c18-15(19)16-22-23-17(26-16)24-6-5-10-13(21-8-20-10)14(24)12-7-9-3-1-2-4-11(9)25-12/h1-4,7-8,14-15H,5-6H2,(H,20,21)/t14-/m0/s1. The van der Waals surface area contributed by atoms with E-state index in [1.54, 1.807) is 11.2 Å². The maximum atomic E-state index is 12.8. The number of benzene rings is 1. The molecule has 0 unspecified atom stereocenters. The number of fused-ring (bicyclic) bond motifs is 2. The van der Waals surface area contributed by atoms with Crippen LogP contribution in [0.25, 0.3) is 11.0 Å². The number of alkyl halides is 2. The molecule has 0 radical (unpaired) electrons. The van der Waals surface area contributed by atoms with Gasteiger partial charge in [0.25, 0.3) is 5.89 Å². The first-order valence-electron chi connectivity index (χ1n) is 8.09. The van der Waals surface area contributed by atoms with Gasteiger partial charge in [0.15, 0.2) is 0 Å². The summed E-state index contributed by atoms with van der Waals surface area (Å²) in [6.07, 6.45) is -0.549. The lowest BCUT2D eigenvalue weighted by molar-refractivity contribution is 0.115. The number of rotatable bonds is 3. The summed E-state index contributed by atoms with van der Waals surface area (Å²) in [6, 6.07) is 9.14. The lowest BCUT2D eigenvalue weighted by Gasteiger charge is -2.31. The van der Waals surface area contributed by atoms with Gasteiger partial charge < -0.3 is 18.7 Å². The normalized spacial score (nSPS) is 17.2. The minimum atomic E-state index is -2.81. The zero-order chi connectivity index (χ0) is 17.7. The number of furan rings is 1. The van der Waals surface area contributed by atoms with Crippen LogP contribution in [0.2, 0.25) is 0 Å². The summed E-state index contributed by atoms with van der Waals surface area (Å²) in [5.41, 5.74) is 2.47. The number of hydrogen-bond donors (Lipinski definition) is 1. The highest BCUT2D eigenvalue weighted by Gasteiger charge is 2.36. The molecule has 0 saturated carbocycles. The summed E-state index contributed by atoms with van der Waals surface area (Å²) in [4.78, 5) is 9.28. The van der Waals surface area contributed by atoms with Gasteiger partial charge in [0.05, 0.1) is 12.0 Å². The maximum Gasteiger partial charge on any atom is 0.319 e. The molecule has 4 heterocycles. The Morgan fingerprint density at radius 1 is 1.19 bits per heavy atom. The fraction of sp³-hybridized carbons (Fsp3) is 0.235. The Morgan fingerprint density at radius 3 is 2.88 bits per heavy atom. The van der Waals surface area contributed by atoms with Crippen LogP contribution in [0.15, 0.2) is 45.5 Å². The van der Waals surface area contributed by atoms with Crippen molar-refractivity contribution in [3.05, 3.63) is 59.7 Å². The molecular weight excluding hydrogens is 344 g/mol. The second kappa shape index (κ2) is 5.65. The van der Waals surface area contributed by atoms with E-state index in [0.717, 1.165) is 22.4 Å². The van der Waals surface area contributed by atoms with Crippen molar-refractivity contribution in [3.8, 4) is 0 Å². The predicted octanol–water partition coefficient (Wildman–Crippen LogP) is 3.63. The van der Waals surface area contributed by atoms with Crippen LogP contribution in [-0.2, 0) is 6.42 Å². The number of hydrogen-bond acceptors (Lipinski definition) is 6. The number of aromatic amines is 1. The molecule has 1 aliphatic heterocycles. The van der Waals surface area contributed by atoms with E-state index >= 15 is 0 Å². The molecule has 1 atom stereocenters. The molecule has 0 bridgehead atoms. The molecule has 5 rings (SSSR count). The molecule has 1 N–H and O–H groups in total. The Morgan fingerprint density at radius 2 is 2.08 bits per heavy atom. The quantitative estimate of drug-likeness (QED) is 0.603. The summed E-state index contributed by atoms with van der Waals surface area (Å²) in [7, 11) is 0. The van der Waals surface area contributed by atoms with Crippen molar-refractivity contribution >= 4 is 17.0 Å². The van der Waals surface area contributed by atoms with Gasteiger partial charge in [-0.3, -0.25) is 0 Å². The highest BCUT2D eigenvalue weighted by molar-refractivity contribution is 5.78. The molecule has 0 saturated heterocycles. The first-order chi connectivity index (χ1) is 12.7. The van der Waals surface area contributed by atoms with Gasteiger partial charge in [-0.05, 0) is 12.1 Å². The van der Waals surface area contributed by atoms with Crippen molar-refractivity contribution in [2.75, 3.05) is 11.4 Å². The van der Waals surface area contributed by atoms with Crippen LogP contribution in [0.3, 0.4) is 0 Å². The zero-order valence-corrected chi connectivity index (χ0v) is 13.4. The number of aromatic nitrogens is 4. The fourth-order valence-corrected chi connectivity index (χ4v) is 3.34. The van der Waals surface area contributed by atoms with E-state index in [1.807, 2.05) is 30.3 Å². The number of nitrogens with zero attached hydrogens (tertiary/aromatic N) is 4. The Balaban J connectivity index is 1.63. The number of para-hydroxylation sites is 1. The lowest BCUT2D eigenvalue weighted by Crippen LogP contribution is -2.36. The summed E-state index contributed by atoms with van der Waals surface area (Å²) in [6.45, 7) is 0.502. The average molecular weight is 357 g/mol. The summed E-state index contributed by atoms with van der Waals surface area (Å²) in [5, 5.41) is 8.18.